The first-order valence-electron chi connectivity index (χ1n) is 11.6. The maximum atomic E-state index is 11.6. The summed E-state index contributed by atoms with van der Waals surface area (Å²) in [7, 11) is -9.75. The SMILES string of the molecule is CCCCCCCCCCCCP(c1cccc(S(=O)(=O)O)c1)c1cccc(S(=O)(=O)O)c1. The minimum atomic E-state index is -4.34. The third-order valence-corrected chi connectivity index (χ3v) is 9.86. The van der Waals surface area contributed by atoms with E-state index in [1.165, 1.54) is 69.2 Å². The molecule has 2 N–H and O–H groups in total. The molecule has 0 saturated heterocycles. The van der Waals surface area contributed by atoms with Crippen LogP contribution in [0.15, 0.2) is 58.3 Å². The predicted octanol–water partition coefficient (Wildman–Crippen LogP) is 5.53. The van der Waals surface area contributed by atoms with Gasteiger partial charge in [0.05, 0.1) is 9.79 Å². The Bertz CT molecular complexity index is 1010. The lowest BCUT2D eigenvalue weighted by atomic mass is 10.1. The zero-order chi connectivity index (χ0) is 24.3. The van der Waals surface area contributed by atoms with E-state index in [2.05, 4.69) is 6.92 Å². The van der Waals surface area contributed by atoms with Crippen molar-refractivity contribution in [1.82, 2.24) is 0 Å². The fourth-order valence-electron chi connectivity index (χ4n) is 3.79. The molecule has 0 heterocycles. The highest BCUT2D eigenvalue weighted by atomic mass is 32.2. The lowest BCUT2D eigenvalue weighted by Crippen LogP contribution is -2.17. The first kappa shape index (κ1) is 27.9. The first-order valence-corrected chi connectivity index (χ1v) is 16.0. The zero-order valence-electron chi connectivity index (χ0n) is 19.2. The average Bonchev–Trinajstić information content (AvgIpc) is 2.76. The fourth-order valence-corrected chi connectivity index (χ4v) is 7.49. The smallest absolute Gasteiger partial charge is 0.282 e. The Hall–Kier alpha value is -1.31. The van der Waals surface area contributed by atoms with Gasteiger partial charge in [0.2, 0.25) is 0 Å². The molecule has 0 spiro atoms. The topological polar surface area (TPSA) is 109 Å². The largest absolute Gasteiger partial charge is 0.294 e. The number of benzene rings is 2. The molecule has 0 fully saturated rings. The molecule has 0 aliphatic carbocycles. The van der Waals surface area contributed by atoms with Gasteiger partial charge in [0.25, 0.3) is 20.2 Å². The third kappa shape index (κ3) is 9.83. The van der Waals surface area contributed by atoms with Crippen molar-refractivity contribution in [2.75, 3.05) is 6.16 Å². The summed E-state index contributed by atoms with van der Waals surface area (Å²) in [6, 6.07) is 12.4. The summed E-state index contributed by atoms with van der Waals surface area (Å²) in [6.45, 7) is 2.22. The highest BCUT2D eigenvalue weighted by Crippen LogP contribution is 2.36. The summed E-state index contributed by atoms with van der Waals surface area (Å²) < 4.78 is 65.4. The minimum absolute atomic E-state index is 0.179. The van der Waals surface area contributed by atoms with Gasteiger partial charge >= 0.3 is 0 Å². The van der Waals surface area contributed by atoms with E-state index in [-0.39, 0.29) is 9.79 Å². The van der Waals surface area contributed by atoms with Crippen LogP contribution < -0.4 is 10.6 Å². The first-order chi connectivity index (χ1) is 15.6. The molecular formula is C24H35O6PS2. The van der Waals surface area contributed by atoms with Gasteiger partial charge in [-0.05, 0) is 55.4 Å². The molecule has 0 radical (unpaired) electrons. The molecule has 0 aliphatic rings. The zero-order valence-corrected chi connectivity index (χ0v) is 21.7. The second-order valence-corrected chi connectivity index (χ2v) is 13.5. The Balaban J connectivity index is 2.09. The normalized spacial score (nSPS) is 12.4. The van der Waals surface area contributed by atoms with Gasteiger partial charge in [0, 0.05) is 0 Å². The molecule has 9 heteroatoms. The highest BCUT2D eigenvalue weighted by Gasteiger charge is 2.19. The molecule has 0 aliphatic heterocycles. The van der Waals surface area contributed by atoms with Gasteiger partial charge in [0.1, 0.15) is 0 Å². The molecule has 6 nitrogen and oxygen atoms in total. The van der Waals surface area contributed by atoms with Crippen LogP contribution in [-0.2, 0) is 20.2 Å². The number of rotatable bonds is 15. The molecule has 33 heavy (non-hydrogen) atoms. The van der Waals surface area contributed by atoms with Crippen LogP contribution in [0.25, 0.3) is 0 Å². The standard InChI is InChI=1S/C24H35O6PS2/c1-2-3-4-5-6-7-8-9-10-11-18-31(21-14-12-16-23(19-21)32(25,26)27)22-15-13-17-24(20-22)33(28,29)30/h12-17,19-20H,2-11,18H2,1H3,(H,25,26,27)(H,28,29,30). The Morgan fingerprint density at radius 1 is 0.636 bits per heavy atom. The van der Waals surface area contributed by atoms with Crippen LogP contribution in [0.1, 0.15) is 71.1 Å². The van der Waals surface area contributed by atoms with Gasteiger partial charge in [0.15, 0.2) is 0 Å². The van der Waals surface area contributed by atoms with Crippen molar-refractivity contribution in [3.63, 3.8) is 0 Å². The van der Waals surface area contributed by atoms with Crippen LogP contribution in [-0.4, -0.2) is 32.1 Å². The van der Waals surface area contributed by atoms with Crippen LogP contribution in [0.4, 0.5) is 0 Å². The van der Waals surface area contributed by atoms with E-state index in [1.54, 1.807) is 24.3 Å². The van der Waals surface area contributed by atoms with E-state index in [4.69, 9.17) is 0 Å². The fraction of sp³-hybridized carbons (Fsp3) is 0.500. The van der Waals surface area contributed by atoms with Gasteiger partial charge in [-0.2, -0.15) is 16.8 Å². The van der Waals surface area contributed by atoms with Crippen molar-refractivity contribution in [3.05, 3.63) is 48.5 Å². The number of hydrogen-bond donors (Lipinski definition) is 2. The number of hydrogen-bond acceptors (Lipinski definition) is 4. The van der Waals surface area contributed by atoms with Crippen molar-refractivity contribution < 1.29 is 25.9 Å². The van der Waals surface area contributed by atoms with E-state index < -0.39 is 28.2 Å². The van der Waals surface area contributed by atoms with Crippen LogP contribution in [0.2, 0.25) is 0 Å². The van der Waals surface area contributed by atoms with Gasteiger partial charge in [-0.3, -0.25) is 9.11 Å². The molecule has 0 saturated carbocycles. The maximum Gasteiger partial charge on any atom is 0.294 e. The predicted molar refractivity (Wildman–Crippen MR) is 135 cm³/mol. The van der Waals surface area contributed by atoms with Crippen molar-refractivity contribution in [1.29, 1.82) is 0 Å². The lowest BCUT2D eigenvalue weighted by molar-refractivity contribution is 0.481. The van der Waals surface area contributed by atoms with Crippen molar-refractivity contribution in [2.45, 2.75) is 80.9 Å². The minimum Gasteiger partial charge on any atom is -0.282 e. The van der Waals surface area contributed by atoms with Gasteiger partial charge in [-0.25, -0.2) is 0 Å². The Labute approximate surface area is 200 Å². The Morgan fingerprint density at radius 2 is 1.03 bits per heavy atom. The molecule has 2 rings (SSSR count). The van der Waals surface area contributed by atoms with E-state index >= 15 is 0 Å². The molecule has 0 atom stereocenters. The average molecular weight is 515 g/mol. The molecule has 2 aromatic rings. The third-order valence-electron chi connectivity index (χ3n) is 5.59. The van der Waals surface area contributed by atoms with Crippen LogP contribution in [0.3, 0.4) is 0 Å². The van der Waals surface area contributed by atoms with Gasteiger partial charge in [-0.15, -0.1) is 0 Å². The van der Waals surface area contributed by atoms with Crippen LogP contribution in [0.5, 0.6) is 0 Å². The molecule has 0 amide bonds. The summed E-state index contributed by atoms with van der Waals surface area (Å²) in [5.41, 5.74) is 0. The lowest BCUT2D eigenvalue weighted by Gasteiger charge is -2.20. The molecule has 2 aromatic carbocycles. The van der Waals surface area contributed by atoms with Crippen molar-refractivity contribution in [3.8, 4) is 0 Å². The molecular weight excluding hydrogens is 479 g/mol. The summed E-state index contributed by atoms with van der Waals surface area (Å²) in [6.07, 6.45) is 12.7. The summed E-state index contributed by atoms with van der Waals surface area (Å²) >= 11 is 0. The second-order valence-electron chi connectivity index (χ2n) is 8.28. The van der Waals surface area contributed by atoms with E-state index in [0.29, 0.717) is 0 Å². The van der Waals surface area contributed by atoms with E-state index in [9.17, 15) is 25.9 Å². The van der Waals surface area contributed by atoms with Gasteiger partial charge in [-0.1, -0.05) is 89.0 Å². The van der Waals surface area contributed by atoms with Crippen LogP contribution in [0, 0.1) is 0 Å². The summed E-state index contributed by atoms with van der Waals surface area (Å²) in [4.78, 5) is -0.358. The van der Waals surface area contributed by atoms with Gasteiger partial charge < -0.3 is 0 Å². The summed E-state index contributed by atoms with van der Waals surface area (Å²) in [5, 5.41) is 1.48. The second kappa shape index (κ2) is 13.5. The van der Waals surface area contributed by atoms with Crippen molar-refractivity contribution >= 4 is 38.8 Å². The monoisotopic (exact) mass is 514 g/mol. The quantitative estimate of drug-likeness (QED) is 0.184. The maximum absolute atomic E-state index is 11.6. The molecule has 0 bridgehead atoms. The molecule has 184 valence electrons. The molecule has 0 unspecified atom stereocenters. The van der Waals surface area contributed by atoms with E-state index in [0.717, 1.165) is 36.0 Å². The number of unbranched alkanes of at least 4 members (excludes halogenated alkanes) is 9. The van der Waals surface area contributed by atoms with Crippen LogP contribution >= 0.6 is 7.92 Å². The van der Waals surface area contributed by atoms with E-state index in [1.807, 2.05) is 0 Å². The van der Waals surface area contributed by atoms with Crippen molar-refractivity contribution in [2.24, 2.45) is 0 Å². The Morgan fingerprint density at radius 3 is 1.42 bits per heavy atom. The highest BCUT2D eigenvalue weighted by molar-refractivity contribution is 7.86. The summed E-state index contributed by atoms with van der Waals surface area (Å²) in [5.74, 6) is 0. The molecule has 0 aromatic heterocycles. The Kier molecular flexibility index (Phi) is 11.5.